The van der Waals surface area contributed by atoms with Crippen LogP contribution in [0.25, 0.3) is 11.0 Å². The van der Waals surface area contributed by atoms with Crippen LogP contribution < -0.4 is 5.32 Å². The van der Waals surface area contributed by atoms with Gasteiger partial charge in [0.05, 0.1) is 29.3 Å². The summed E-state index contributed by atoms with van der Waals surface area (Å²) in [6, 6.07) is 15.7. The quantitative estimate of drug-likeness (QED) is 0.314. The molecule has 0 unspecified atom stereocenters. The molecule has 1 aromatic heterocycles. The summed E-state index contributed by atoms with van der Waals surface area (Å²) >= 11 is 1.59. The summed E-state index contributed by atoms with van der Waals surface area (Å²) in [5.41, 5.74) is -0.292. The SMILES string of the molecule is COC(=O)Nc1nc2cc(Sc3ccccc3)ccc2n1COP(=O)(OC(C)(C)C)OC(C)(C)C. The minimum Gasteiger partial charge on any atom is -0.453 e. The molecule has 3 rings (SSSR count). The maximum Gasteiger partial charge on any atom is 0.477 e. The molecule has 0 atom stereocenters. The lowest BCUT2D eigenvalue weighted by Gasteiger charge is -2.31. The molecule has 0 aliphatic carbocycles. The van der Waals surface area contributed by atoms with Crippen molar-refractivity contribution in [3.05, 3.63) is 48.5 Å². The molecule has 0 aliphatic heterocycles. The summed E-state index contributed by atoms with van der Waals surface area (Å²) in [4.78, 5) is 18.6. The number of nitrogens with one attached hydrogen (secondary N) is 1. The largest absolute Gasteiger partial charge is 0.477 e. The first-order valence-electron chi connectivity index (χ1n) is 11.0. The van der Waals surface area contributed by atoms with Crippen molar-refractivity contribution in [1.82, 2.24) is 9.55 Å². The number of nitrogens with zero attached hydrogens (tertiary/aromatic N) is 2. The molecular formula is C24H32N3O6PS. The van der Waals surface area contributed by atoms with E-state index in [0.29, 0.717) is 11.0 Å². The minimum absolute atomic E-state index is 0.173. The highest BCUT2D eigenvalue weighted by Crippen LogP contribution is 2.55. The molecule has 2 aromatic carbocycles. The number of aromatic nitrogens is 2. The van der Waals surface area contributed by atoms with E-state index in [0.717, 1.165) is 9.79 Å². The van der Waals surface area contributed by atoms with Crippen molar-refractivity contribution < 1.29 is 27.7 Å². The average Bonchev–Trinajstić information content (AvgIpc) is 3.06. The van der Waals surface area contributed by atoms with Crippen LogP contribution in [0, 0.1) is 0 Å². The van der Waals surface area contributed by atoms with Crippen molar-refractivity contribution in [3.63, 3.8) is 0 Å². The van der Waals surface area contributed by atoms with Gasteiger partial charge in [0.1, 0.15) is 6.73 Å². The van der Waals surface area contributed by atoms with Gasteiger partial charge in [-0.25, -0.2) is 14.3 Å². The maximum atomic E-state index is 13.5. The van der Waals surface area contributed by atoms with E-state index in [4.69, 9.17) is 18.3 Å². The monoisotopic (exact) mass is 521 g/mol. The fourth-order valence-corrected chi connectivity index (χ4v) is 5.65. The molecule has 35 heavy (non-hydrogen) atoms. The normalized spacial score (nSPS) is 12.7. The van der Waals surface area contributed by atoms with Crippen molar-refractivity contribution in [3.8, 4) is 0 Å². The van der Waals surface area contributed by atoms with E-state index < -0.39 is 25.1 Å². The van der Waals surface area contributed by atoms with Crippen LogP contribution in [0.5, 0.6) is 0 Å². The second-order valence-corrected chi connectivity index (χ2v) is 12.3. The van der Waals surface area contributed by atoms with Gasteiger partial charge in [0.2, 0.25) is 5.95 Å². The number of hydrogen-bond donors (Lipinski definition) is 1. The zero-order valence-electron chi connectivity index (χ0n) is 21.0. The van der Waals surface area contributed by atoms with E-state index in [-0.39, 0.29) is 12.7 Å². The number of anilines is 1. The summed E-state index contributed by atoms with van der Waals surface area (Å²) in [6.45, 7) is 10.3. The fourth-order valence-electron chi connectivity index (χ4n) is 3.04. The summed E-state index contributed by atoms with van der Waals surface area (Å²) in [5, 5.41) is 2.58. The Hall–Kier alpha value is -2.36. The first-order chi connectivity index (χ1) is 16.3. The van der Waals surface area contributed by atoms with Crippen molar-refractivity contribution in [1.29, 1.82) is 0 Å². The zero-order chi connectivity index (χ0) is 25.9. The van der Waals surface area contributed by atoms with Crippen LogP contribution in [-0.4, -0.2) is 34.0 Å². The fraction of sp³-hybridized carbons (Fsp3) is 0.417. The topological polar surface area (TPSA) is 101 Å². The molecular weight excluding hydrogens is 489 g/mol. The van der Waals surface area contributed by atoms with E-state index >= 15 is 0 Å². The molecule has 1 heterocycles. The van der Waals surface area contributed by atoms with Crippen molar-refractivity contribution >= 4 is 42.7 Å². The van der Waals surface area contributed by atoms with Gasteiger partial charge in [0.15, 0.2) is 0 Å². The molecule has 190 valence electrons. The van der Waals surface area contributed by atoms with Crippen molar-refractivity contribution in [2.75, 3.05) is 12.4 Å². The number of methoxy groups -OCH3 is 1. The van der Waals surface area contributed by atoms with Crippen LogP contribution in [0.1, 0.15) is 41.5 Å². The Morgan fingerprint density at radius 1 is 1.00 bits per heavy atom. The zero-order valence-corrected chi connectivity index (χ0v) is 22.7. The third-order valence-electron chi connectivity index (χ3n) is 4.21. The predicted octanol–water partition coefficient (Wildman–Crippen LogP) is 7.08. The van der Waals surface area contributed by atoms with Gasteiger partial charge in [-0.05, 0) is 71.9 Å². The molecule has 11 heteroatoms. The molecule has 9 nitrogen and oxygen atoms in total. The smallest absolute Gasteiger partial charge is 0.453 e. The maximum absolute atomic E-state index is 13.5. The molecule has 0 spiro atoms. The first kappa shape index (κ1) is 27.2. The van der Waals surface area contributed by atoms with Gasteiger partial charge in [0, 0.05) is 9.79 Å². The lowest BCUT2D eigenvalue weighted by Crippen LogP contribution is -2.25. The number of benzene rings is 2. The number of rotatable bonds is 8. The van der Waals surface area contributed by atoms with Gasteiger partial charge in [0.25, 0.3) is 0 Å². The van der Waals surface area contributed by atoms with Crippen molar-refractivity contribution in [2.45, 2.75) is 69.3 Å². The summed E-state index contributed by atoms with van der Waals surface area (Å²) in [7, 11) is -2.73. The Morgan fingerprint density at radius 2 is 1.63 bits per heavy atom. The van der Waals surface area contributed by atoms with Crippen LogP contribution in [-0.2, 0) is 29.6 Å². The number of hydrogen-bond acceptors (Lipinski definition) is 8. The molecule has 0 fully saturated rings. The van der Waals surface area contributed by atoms with Gasteiger partial charge in [-0.2, -0.15) is 0 Å². The molecule has 3 aromatic rings. The first-order valence-corrected chi connectivity index (χ1v) is 13.3. The number of amides is 1. The van der Waals surface area contributed by atoms with Gasteiger partial charge in [-0.3, -0.25) is 23.5 Å². The van der Waals surface area contributed by atoms with Crippen molar-refractivity contribution in [2.24, 2.45) is 0 Å². The second kappa shape index (κ2) is 10.7. The molecule has 1 amide bonds. The van der Waals surface area contributed by atoms with Crippen LogP contribution in [0.15, 0.2) is 58.3 Å². The predicted molar refractivity (Wildman–Crippen MR) is 137 cm³/mol. The highest BCUT2D eigenvalue weighted by molar-refractivity contribution is 7.99. The van der Waals surface area contributed by atoms with E-state index in [1.807, 2.05) is 48.5 Å². The van der Waals surface area contributed by atoms with Crippen LogP contribution in [0.2, 0.25) is 0 Å². The molecule has 1 N–H and O–H groups in total. The Kier molecular flexibility index (Phi) is 8.34. The second-order valence-electron chi connectivity index (χ2n) is 9.66. The number of carbonyl (C=O) groups excluding carboxylic acids is 1. The number of ether oxygens (including phenoxy) is 1. The molecule has 0 saturated carbocycles. The summed E-state index contributed by atoms with van der Waals surface area (Å²) < 4.78 is 37.0. The van der Waals surface area contributed by atoms with E-state index in [9.17, 15) is 9.36 Å². The van der Waals surface area contributed by atoms with E-state index in [2.05, 4.69) is 10.3 Å². The molecule has 0 aliphatic rings. The highest BCUT2D eigenvalue weighted by Gasteiger charge is 2.37. The lowest BCUT2D eigenvalue weighted by atomic mass is 10.2. The summed E-state index contributed by atoms with van der Waals surface area (Å²) in [6.07, 6.45) is -0.694. The number of phosphoric acid groups is 1. The lowest BCUT2D eigenvalue weighted by molar-refractivity contribution is -0.00542. The minimum atomic E-state index is -3.99. The Balaban J connectivity index is 1.95. The van der Waals surface area contributed by atoms with Gasteiger partial charge in [-0.15, -0.1) is 0 Å². The number of imidazole rings is 1. The number of fused-ring (bicyclic) bond motifs is 1. The molecule has 0 saturated heterocycles. The Labute approximate surface area is 210 Å². The Bertz CT molecular complexity index is 1200. The summed E-state index contributed by atoms with van der Waals surface area (Å²) in [5.74, 6) is 0.173. The van der Waals surface area contributed by atoms with E-state index in [1.54, 1.807) is 57.9 Å². The standard InChI is InChI=1S/C24H32N3O6PS/c1-23(2,3)32-34(29,33-24(4,5)6)31-16-27-20-14-13-18(35-17-11-9-8-10-12-17)15-19(20)25-21(27)26-22(28)30-7/h8-15H,16H2,1-7H3,(H,25,26,28). The third-order valence-corrected chi connectivity index (χ3v) is 7.19. The molecule has 0 radical (unpaired) electrons. The van der Waals surface area contributed by atoms with Crippen LogP contribution in [0.3, 0.4) is 0 Å². The van der Waals surface area contributed by atoms with E-state index in [1.165, 1.54) is 7.11 Å². The average molecular weight is 522 g/mol. The van der Waals surface area contributed by atoms with Gasteiger partial charge >= 0.3 is 13.9 Å². The van der Waals surface area contributed by atoms with Gasteiger partial charge in [-0.1, -0.05) is 30.0 Å². The Morgan fingerprint density at radius 3 is 2.20 bits per heavy atom. The van der Waals surface area contributed by atoms with Gasteiger partial charge < -0.3 is 4.74 Å². The highest BCUT2D eigenvalue weighted by atomic mass is 32.2. The number of phosphoric ester groups is 1. The van der Waals surface area contributed by atoms with Crippen LogP contribution >= 0.6 is 19.6 Å². The third kappa shape index (κ3) is 8.08. The van der Waals surface area contributed by atoms with Crippen LogP contribution in [0.4, 0.5) is 10.7 Å². The number of carbonyl (C=O) groups is 1. The molecule has 0 bridgehead atoms.